The zero-order valence-corrected chi connectivity index (χ0v) is 10.5. The van der Waals surface area contributed by atoms with Gasteiger partial charge < -0.3 is 4.74 Å². The highest BCUT2D eigenvalue weighted by atomic mass is 32.2. The van der Waals surface area contributed by atoms with Crippen LogP contribution in [-0.4, -0.2) is 24.3 Å². The van der Waals surface area contributed by atoms with E-state index in [1.54, 1.807) is 18.2 Å². The molecule has 0 atom stereocenters. The molecule has 0 fully saturated rings. The van der Waals surface area contributed by atoms with Gasteiger partial charge >= 0.3 is 0 Å². The molecule has 0 N–H and O–H groups in total. The van der Waals surface area contributed by atoms with Crippen LogP contribution in [0, 0.1) is 11.8 Å². The molecule has 4 heteroatoms. The Morgan fingerprint density at radius 3 is 2.88 bits per heavy atom. The Balaban J connectivity index is 2.78. The van der Waals surface area contributed by atoms with E-state index in [1.165, 1.54) is 14.0 Å². The molecule has 0 amide bonds. The molecule has 1 aromatic rings. The number of benzene rings is 1. The fourth-order valence-corrected chi connectivity index (χ4v) is 1.53. The summed E-state index contributed by atoms with van der Waals surface area (Å²) < 4.78 is 5.02. The lowest BCUT2D eigenvalue weighted by Gasteiger charge is -2.02. The Morgan fingerprint density at radius 2 is 2.29 bits per heavy atom. The summed E-state index contributed by atoms with van der Waals surface area (Å²) in [4.78, 5) is 21.5. The van der Waals surface area contributed by atoms with Crippen LogP contribution in [0.2, 0.25) is 0 Å². The predicted molar refractivity (Wildman–Crippen MR) is 68.4 cm³/mol. The van der Waals surface area contributed by atoms with Crippen molar-refractivity contribution in [2.24, 2.45) is 0 Å². The van der Waals surface area contributed by atoms with Gasteiger partial charge in [-0.3, -0.25) is 9.59 Å². The molecular formula is C13H12O3S. The summed E-state index contributed by atoms with van der Waals surface area (Å²) in [6.07, 6.45) is 0.730. The number of methoxy groups -OCH3 is 1. The van der Waals surface area contributed by atoms with E-state index < -0.39 is 0 Å². The first-order valence-electron chi connectivity index (χ1n) is 4.93. The van der Waals surface area contributed by atoms with Gasteiger partial charge in [-0.25, -0.2) is 0 Å². The molecule has 0 aliphatic heterocycles. The highest BCUT2D eigenvalue weighted by Crippen LogP contribution is 2.17. The second-order valence-corrected chi connectivity index (χ2v) is 4.31. The minimum atomic E-state index is 0.0441. The highest BCUT2D eigenvalue weighted by Gasteiger charge is 2.01. The molecule has 88 valence electrons. The average Bonchev–Trinajstić information content (AvgIpc) is 2.34. The van der Waals surface area contributed by atoms with Crippen LogP contribution in [0.1, 0.15) is 22.8 Å². The summed E-state index contributed by atoms with van der Waals surface area (Å²) in [6, 6.07) is 5.14. The Hall–Kier alpha value is -1.73. The Labute approximate surface area is 105 Å². The van der Waals surface area contributed by atoms with Crippen LogP contribution < -0.4 is 4.74 Å². The van der Waals surface area contributed by atoms with E-state index in [0.717, 1.165) is 23.6 Å². The second-order valence-electron chi connectivity index (χ2n) is 3.16. The van der Waals surface area contributed by atoms with Gasteiger partial charge in [0.05, 0.1) is 18.4 Å². The first-order chi connectivity index (χ1) is 8.17. The van der Waals surface area contributed by atoms with Crippen molar-refractivity contribution in [1.82, 2.24) is 0 Å². The molecular weight excluding hydrogens is 236 g/mol. The molecule has 0 heterocycles. The fourth-order valence-electron chi connectivity index (χ4n) is 1.18. The summed E-state index contributed by atoms with van der Waals surface area (Å²) in [5, 5.41) is 0.0441. The summed E-state index contributed by atoms with van der Waals surface area (Å²) in [6.45, 7) is 1.50. The molecule has 0 radical (unpaired) electrons. The summed E-state index contributed by atoms with van der Waals surface area (Å²) in [7, 11) is 1.51. The third-order valence-corrected chi connectivity index (χ3v) is 2.63. The van der Waals surface area contributed by atoms with Crippen molar-refractivity contribution in [3.63, 3.8) is 0 Å². The van der Waals surface area contributed by atoms with Crippen molar-refractivity contribution in [2.75, 3.05) is 12.9 Å². The van der Waals surface area contributed by atoms with Crippen LogP contribution in [0.25, 0.3) is 0 Å². The Morgan fingerprint density at radius 1 is 1.53 bits per heavy atom. The first kappa shape index (κ1) is 13.3. The first-order valence-corrected chi connectivity index (χ1v) is 5.91. The van der Waals surface area contributed by atoms with E-state index in [1.807, 2.05) is 0 Å². The van der Waals surface area contributed by atoms with Crippen LogP contribution in [0.4, 0.5) is 0 Å². The molecule has 0 saturated carbocycles. The van der Waals surface area contributed by atoms with E-state index >= 15 is 0 Å². The lowest BCUT2D eigenvalue weighted by Crippen LogP contribution is -1.91. The van der Waals surface area contributed by atoms with Crippen LogP contribution in [0.5, 0.6) is 5.75 Å². The minimum Gasteiger partial charge on any atom is -0.496 e. The second kappa shape index (κ2) is 6.77. The van der Waals surface area contributed by atoms with Gasteiger partial charge in [0.2, 0.25) is 0 Å². The number of ether oxygens (including phenoxy) is 1. The van der Waals surface area contributed by atoms with Gasteiger partial charge in [0, 0.05) is 12.5 Å². The molecule has 0 aliphatic rings. The lowest BCUT2D eigenvalue weighted by atomic mass is 10.1. The zero-order chi connectivity index (χ0) is 12.7. The molecule has 0 saturated heterocycles. The van der Waals surface area contributed by atoms with Gasteiger partial charge in [0.15, 0.2) is 11.4 Å². The number of thioether (sulfide) groups is 1. The van der Waals surface area contributed by atoms with E-state index in [0.29, 0.717) is 17.1 Å². The largest absolute Gasteiger partial charge is 0.496 e. The maximum absolute atomic E-state index is 10.8. The van der Waals surface area contributed by atoms with Crippen molar-refractivity contribution in [3.8, 4) is 17.6 Å². The Kier molecular flexibility index (Phi) is 5.31. The van der Waals surface area contributed by atoms with Crippen LogP contribution in [-0.2, 0) is 4.79 Å². The fraction of sp³-hybridized carbons (Fsp3) is 0.231. The summed E-state index contributed by atoms with van der Waals surface area (Å²) in [5.74, 6) is 6.73. The monoisotopic (exact) mass is 248 g/mol. The van der Waals surface area contributed by atoms with Crippen LogP contribution in [0.15, 0.2) is 18.2 Å². The molecule has 17 heavy (non-hydrogen) atoms. The van der Waals surface area contributed by atoms with Gasteiger partial charge in [-0.05, 0) is 18.2 Å². The van der Waals surface area contributed by atoms with Crippen molar-refractivity contribution in [2.45, 2.75) is 6.92 Å². The van der Waals surface area contributed by atoms with Gasteiger partial charge in [0.25, 0.3) is 0 Å². The molecule has 0 unspecified atom stereocenters. The molecule has 1 rings (SSSR count). The molecule has 0 bridgehead atoms. The predicted octanol–water partition coefficient (Wildman–Crippen LogP) is 2.14. The lowest BCUT2D eigenvalue weighted by molar-refractivity contribution is -0.109. The van der Waals surface area contributed by atoms with Crippen molar-refractivity contribution >= 4 is 23.2 Å². The van der Waals surface area contributed by atoms with Gasteiger partial charge in [-0.15, -0.1) is 0 Å². The van der Waals surface area contributed by atoms with E-state index in [9.17, 15) is 9.59 Å². The molecule has 0 spiro atoms. The summed E-state index contributed by atoms with van der Waals surface area (Å²) >= 11 is 1.16. The number of rotatable bonds is 3. The quantitative estimate of drug-likeness (QED) is 0.607. The molecule has 0 aliphatic carbocycles. The van der Waals surface area contributed by atoms with Crippen LogP contribution in [0.3, 0.4) is 0 Å². The van der Waals surface area contributed by atoms with Gasteiger partial charge in [-0.1, -0.05) is 23.6 Å². The van der Waals surface area contributed by atoms with E-state index in [2.05, 4.69) is 11.8 Å². The normalized spacial score (nSPS) is 9.06. The van der Waals surface area contributed by atoms with Crippen molar-refractivity contribution in [3.05, 3.63) is 29.3 Å². The van der Waals surface area contributed by atoms with Crippen LogP contribution >= 0.6 is 11.8 Å². The molecule has 0 aromatic heterocycles. The highest BCUT2D eigenvalue weighted by molar-refractivity contribution is 8.13. The van der Waals surface area contributed by atoms with Crippen molar-refractivity contribution in [1.29, 1.82) is 0 Å². The molecule has 1 aromatic carbocycles. The minimum absolute atomic E-state index is 0.0441. The maximum Gasteiger partial charge on any atom is 0.186 e. The Bertz CT molecular complexity index is 483. The summed E-state index contributed by atoms with van der Waals surface area (Å²) in [5.41, 5.74) is 1.20. The standard InChI is InChI=1S/C13H12O3S/c1-10(15)17-7-3-4-11-5-6-13(16-2)12(8-11)9-14/h5-6,8-9H,7H2,1-2H3. The third-order valence-electron chi connectivity index (χ3n) is 1.94. The maximum atomic E-state index is 10.8. The average molecular weight is 248 g/mol. The third kappa shape index (κ3) is 4.33. The van der Waals surface area contributed by atoms with Gasteiger partial charge in [-0.2, -0.15) is 0 Å². The number of aldehydes is 1. The number of hydrogen-bond acceptors (Lipinski definition) is 4. The zero-order valence-electron chi connectivity index (χ0n) is 9.65. The topological polar surface area (TPSA) is 43.4 Å². The van der Waals surface area contributed by atoms with E-state index in [-0.39, 0.29) is 5.12 Å². The van der Waals surface area contributed by atoms with Gasteiger partial charge in [0.1, 0.15) is 5.75 Å². The van der Waals surface area contributed by atoms with Crippen molar-refractivity contribution < 1.29 is 14.3 Å². The molecule has 3 nitrogen and oxygen atoms in total. The SMILES string of the molecule is COc1ccc(C#CCSC(C)=O)cc1C=O. The number of carbonyl (C=O) groups is 2. The smallest absolute Gasteiger partial charge is 0.186 e. The number of carbonyl (C=O) groups excluding carboxylic acids is 2. The number of hydrogen-bond donors (Lipinski definition) is 0. The van der Waals surface area contributed by atoms with E-state index in [4.69, 9.17) is 4.74 Å².